The molecule has 2 heterocycles. The minimum absolute atomic E-state index is 0.234. The Balaban J connectivity index is 1.80. The summed E-state index contributed by atoms with van der Waals surface area (Å²) in [5.74, 6) is 1.18. The van der Waals surface area contributed by atoms with Crippen LogP contribution in [-0.2, 0) is 0 Å². The minimum atomic E-state index is -0.522. The molecular formula is C13H18N4O. The summed E-state index contributed by atoms with van der Waals surface area (Å²) in [6, 6.07) is 4.15. The summed E-state index contributed by atoms with van der Waals surface area (Å²) in [5.41, 5.74) is 5.40. The second-order valence-corrected chi connectivity index (χ2v) is 5.23. The van der Waals surface area contributed by atoms with Crippen LogP contribution in [-0.4, -0.2) is 28.7 Å². The van der Waals surface area contributed by atoms with Crippen molar-refractivity contribution < 1.29 is 4.79 Å². The van der Waals surface area contributed by atoms with E-state index in [1.807, 2.05) is 6.07 Å². The van der Waals surface area contributed by atoms with Gasteiger partial charge in [0.2, 0.25) is 0 Å². The van der Waals surface area contributed by atoms with Gasteiger partial charge in [0.15, 0.2) is 11.5 Å². The molecule has 1 aromatic rings. The van der Waals surface area contributed by atoms with E-state index >= 15 is 0 Å². The summed E-state index contributed by atoms with van der Waals surface area (Å²) in [7, 11) is 0. The molecule has 0 aromatic carbocycles. The van der Waals surface area contributed by atoms with Crippen LogP contribution < -0.4 is 10.6 Å². The number of primary amides is 1. The third kappa shape index (κ3) is 1.94. The van der Waals surface area contributed by atoms with Crippen molar-refractivity contribution in [3.8, 4) is 0 Å². The average molecular weight is 246 g/mol. The second-order valence-electron chi connectivity index (χ2n) is 5.23. The lowest BCUT2D eigenvalue weighted by Crippen LogP contribution is -2.35. The first-order chi connectivity index (χ1) is 8.75. The number of carbonyl (C=O) groups excluding carboxylic acids is 1. The highest BCUT2D eigenvalue weighted by Gasteiger charge is 2.36. The summed E-state index contributed by atoms with van der Waals surface area (Å²) in [6.07, 6.45) is 6.52. The molecule has 1 aliphatic carbocycles. The molecule has 1 saturated heterocycles. The lowest BCUT2D eigenvalue weighted by atomic mass is 9.85. The number of fused-ring (bicyclic) bond motifs is 1. The van der Waals surface area contributed by atoms with Crippen molar-refractivity contribution in [3.05, 3.63) is 17.8 Å². The van der Waals surface area contributed by atoms with Crippen LogP contribution in [0.3, 0.4) is 0 Å². The van der Waals surface area contributed by atoms with E-state index in [-0.39, 0.29) is 5.69 Å². The highest BCUT2D eigenvalue weighted by atomic mass is 16.1. The number of hydrogen-bond acceptors (Lipinski definition) is 4. The average Bonchev–Trinajstić information content (AvgIpc) is 2.82. The van der Waals surface area contributed by atoms with E-state index in [2.05, 4.69) is 15.1 Å². The van der Waals surface area contributed by atoms with Crippen molar-refractivity contribution in [2.24, 2.45) is 11.7 Å². The van der Waals surface area contributed by atoms with Gasteiger partial charge in [-0.2, -0.15) is 0 Å². The monoisotopic (exact) mass is 246 g/mol. The molecule has 5 nitrogen and oxygen atoms in total. The Labute approximate surface area is 106 Å². The maximum atomic E-state index is 11.0. The van der Waals surface area contributed by atoms with Crippen LogP contribution in [0.2, 0.25) is 0 Å². The molecule has 0 radical (unpaired) electrons. The number of hydrogen-bond donors (Lipinski definition) is 1. The first-order valence-electron chi connectivity index (χ1n) is 6.66. The fraction of sp³-hybridized carbons (Fsp3) is 0.615. The molecule has 0 bridgehead atoms. The molecule has 18 heavy (non-hydrogen) atoms. The van der Waals surface area contributed by atoms with Gasteiger partial charge in [-0.15, -0.1) is 10.2 Å². The molecule has 1 amide bonds. The normalized spacial score (nSPS) is 27.0. The van der Waals surface area contributed by atoms with Crippen LogP contribution in [0.25, 0.3) is 0 Å². The molecule has 2 atom stereocenters. The molecule has 1 saturated carbocycles. The number of aromatic nitrogens is 2. The number of rotatable bonds is 2. The van der Waals surface area contributed by atoms with E-state index < -0.39 is 5.91 Å². The molecule has 1 aromatic heterocycles. The molecule has 2 aliphatic rings. The standard InChI is InChI=1S/C13H18N4O/c14-13(18)10-5-6-12(16-15-10)17-8-7-9-3-1-2-4-11(9)17/h5-6,9,11H,1-4,7-8H2,(H2,14,18)/t9-,11-/m1/s1. The molecule has 2 N–H and O–H groups in total. The highest BCUT2D eigenvalue weighted by Crippen LogP contribution is 2.37. The third-order valence-electron chi connectivity index (χ3n) is 4.21. The van der Waals surface area contributed by atoms with Crippen LogP contribution in [0.15, 0.2) is 12.1 Å². The van der Waals surface area contributed by atoms with Gasteiger partial charge < -0.3 is 10.6 Å². The van der Waals surface area contributed by atoms with Gasteiger partial charge in [0.25, 0.3) is 5.91 Å². The van der Waals surface area contributed by atoms with E-state index in [4.69, 9.17) is 5.73 Å². The second kappa shape index (κ2) is 4.55. The molecule has 1 aliphatic heterocycles. The zero-order valence-corrected chi connectivity index (χ0v) is 10.4. The van der Waals surface area contributed by atoms with E-state index in [9.17, 15) is 4.79 Å². The van der Waals surface area contributed by atoms with Gasteiger partial charge in [0, 0.05) is 12.6 Å². The lowest BCUT2D eigenvalue weighted by Gasteiger charge is -2.32. The largest absolute Gasteiger partial charge is 0.364 e. The number of amides is 1. The van der Waals surface area contributed by atoms with Crippen LogP contribution in [0, 0.1) is 5.92 Å². The Morgan fingerprint density at radius 1 is 1.22 bits per heavy atom. The van der Waals surface area contributed by atoms with Crippen LogP contribution in [0.5, 0.6) is 0 Å². The fourth-order valence-corrected chi connectivity index (χ4v) is 3.30. The SMILES string of the molecule is NC(=O)c1ccc(N2CC[C@H]3CCCC[C@H]32)nn1. The highest BCUT2D eigenvalue weighted by molar-refractivity contribution is 5.90. The predicted octanol–water partition coefficient (Wildman–Crippen LogP) is 1.34. The zero-order valence-electron chi connectivity index (χ0n) is 10.4. The molecule has 96 valence electrons. The predicted molar refractivity (Wildman–Crippen MR) is 68.3 cm³/mol. The van der Waals surface area contributed by atoms with Gasteiger partial charge in [0.05, 0.1) is 0 Å². The van der Waals surface area contributed by atoms with Crippen LogP contribution in [0.4, 0.5) is 5.82 Å². The lowest BCUT2D eigenvalue weighted by molar-refractivity contribution is 0.0994. The van der Waals surface area contributed by atoms with Gasteiger partial charge >= 0.3 is 0 Å². The Bertz CT molecular complexity index is 445. The summed E-state index contributed by atoms with van der Waals surface area (Å²) in [5, 5.41) is 8.04. The minimum Gasteiger partial charge on any atom is -0.364 e. The summed E-state index contributed by atoms with van der Waals surface area (Å²) >= 11 is 0. The van der Waals surface area contributed by atoms with Crippen molar-refractivity contribution >= 4 is 11.7 Å². The number of anilines is 1. The maximum Gasteiger partial charge on any atom is 0.269 e. The molecule has 0 unspecified atom stereocenters. The van der Waals surface area contributed by atoms with Crippen molar-refractivity contribution in [2.45, 2.75) is 38.1 Å². The summed E-state index contributed by atoms with van der Waals surface area (Å²) in [4.78, 5) is 13.3. The fourth-order valence-electron chi connectivity index (χ4n) is 3.30. The maximum absolute atomic E-state index is 11.0. The van der Waals surface area contributed by atoms with E-state index in [1.54, 1.807) is 6.07 Å². The van der Waals surface area contributed by atoms with E-state index in [0.29, 0.717) is 6.04 Å². The van der Waals surface area contributed by atoms with Gasteiger partial charge in [-0.05, 0) is 37.3 Å². The van der Waals surface area contributed by atoms with Crippen molar-refractivity contribution in [1.82, 2.24) is 10.2 Å². The Hall–Kier alpha value is -1.65. The Morgan fingerprint density at radius 2 is 2.06 bits per heavy atom. The van der Waals surface area contributed by atoms with Gasteiger partial charge in [0.1, 0.15) is 0 Å². The molecule has 0 spiro atoms. The third-order valence-corrected chi connectivity index (χ3v) is 4.21. The van der Waals surface area contributed by atoms with Gasteiger partial charge in [-0.3, -0.25) is 4.79 Å². The number of carbonyl (C=O) groups is 1. The van der Waals surface area contributed by atoms with Crippen LogP contribution >= 0.6 is 0 Å². The van der Waals surface area contributed by atoms with E-state index in [0.717, 1.165) is 18.3 Å². The van der Waals surface area contributed by atoms with Crippen molar-refractivity contribution in [1.29, 1.82) is 0 Å². The van der Waals surface area contributed by atoms with Crippen molar-refractivity contribution in [3.63, 3.8) is 0 Å². The molecule has 2 fully saturated rings. The smallest absolute Gasteiger partial charge is 0.269 e. The summed E-state index contributed by atoms with van der Waals surface area (Å²) < 4.78 is 0. The van der Waals surface area contributed by atoms with Crippen molar-refractivity contribution in [2.75, 3.05) is 11.4 Å². The van der Waals surface area contributed by atoms with Gasteiger partial charge in [-0.25, -0.2) is 0 Å². The Morgan fingerprint density at radius 3 is 2.78 bits per heavy atom. The molecule has 5 heteroatoms. The molecule has 3 rings (SSSR count). The first kappa shape index (κ1) is 11.4. The number of nitrogens with two attached hydrogens (primary N) is 1. The quantitative estimate of drug-likeness (QED) is 0.854. The topological polar surface area (TPSA) is 72.1 Å². The summed E-state index contributed by atoms with van der Waals surface area (Å²) in [6.45, 7) is 1.06. The Kier molecular flexibility index (Phi) is 2.89. The number of nitrogens with zero attached hydrogens (tertiary/aromatic N) is 3. The van der Waals surface area contributed by atoms with Gasteiger partial charge in [-0.1, -0.05) is 12.8 Å². The van der Waals surface area contributed by atoms with Crippen LogP contribution in [0.1, 0.15) is 42.6 Å². The first-order valence-corrected chi connectivity index (χ1v) is 6.66. The van der Waals surface area contributed by atoms with E-state index in [1.165, 1.54) is 32.1 Å². The zero-order chi connectivity index (χ0) is 12.5. The molecular weight excluding hydrogens is 228 g/mol.